The van der Waals surface area contributed by atoms with Gasteiger partial charge >= 0.3 is 0 Å². The van der Waals surface area contributed by atoms with Crippen molar-refractivity contribution >= 4 is 11.6 Å². The highest BCUT2D eigenvalue weighted by molar-refractivity contribution is 5.94. The first-order valence-corrected chi connectivity index (χ1v) is 9.20. The van der Waals surface area contributed by atoms with Gasteiger partial charge in [-0.25, -0.2) is 0 Å². The monoisotopic (exact) mass is 348 g/mol. The van der Waals surface area contributed by atoms with E-state index in [1.165, 1.54) is 0 Å². The zero-order valence-electron chi connectivity index (χ0n) is 15.0. The van der Waals surface area contributed by atoms with Crippen molar-refractivity contribution in [1.29, 1.82) is 0 Å². The molecule has 2 heterocycles. The number of amides is 1. The largest absolute Gasteiger partial charge is 0.367 e. The molecule has 26 heavy (non-hydrogen) atoms. The van der Waals surface area contributed by atoms with Gasteiger partial charge in [0.2, 0.25) is 0 Å². The van der Waals surface area contributed by atoms with Crippen LogP contribution in [0.2, 0.25) is 0 Å². The van der Waals surface area contributed by atoms with E-state index in [0.717, 1.165) is 29.9 Å². The minimum absolute atomic E-state index is 0.0212. The van der Waals surface area contributed by atoms with Crippen LogP contribution in [0.1, 0.15) is 28.9 Å². The normalized spacial score (nSPS) is 22.7. The quantitative estimate of drug-likeness (QED) is 0.794. The number of carbonyl (C=O) groups is 1. The molecule has 0 N–H and O–H groups in total. The Morgan fingerprint density at radius 3 is 2.35 bits per heavy atom. The first kappa shape index (κ1) is 16.9. The van der Waals surface area contributed by atoms with E-state index in [2.05, 4.69) is 29.2 Å². The summed E-state index contributed by atoms with van der Waals surface area (Å²) in [5.74, 6) is 0.0761. The maximum Gasteiger partial charge on any atom is 0.254 e. The number of anilines is 1. The Balaban J connectivity index is 1.48. The van der Waals surface area contributed by atoms with Crippen LogP contribution in [0.25, 0.3) is 0 Å². The van der Waals surface area contributed by atoms with Gasteiger partial charge in [0.05, 0.1) is 12.6 Å². The average Bonchev–Trinajstić information content (AvgIpc) is 3.22. The molecule has 0 aliphatic carbocycles. The number of carbonyl (C=O) groups excluding carboxylic acids is 1. The number of morpholine rings is 1. The van der Waals surface area contributed by atoms with Crippen molar-refractivity contribution in [2.45, 2.75) is 19.1 Å². The molecule has 134 valence electrons. The number of ether oxygens (including phenoxy) is 1. The molecule has 0 saturated carbocycles. The van der Waals surface area contributed by atoms with Crippen molar-refractivity contribution in [3.8, 4) is 0 Å². The molecule has 4 rings (SSSR count). The summed E-state index contributed by atoms with van der Waals surface area (Å²) in [6.45, 7) is 5.11. The molecule has 1 amide bonds. The van der Waals surface area contributed by atoms with Crippen molar-refractivity contribution < 1.29 is 9.53 Å². The number of rotatable bonds is 3. The summed E-state index contributed by atoms with van der Waals surface area (Å²) < 4.78 is 6.07. The molecular weight excluding hydrogens is 324 g/mol. The molecule has 4 heteroatoms. The molecule has 2 aromatic rings. The summed E-state index contributed by atoms with van der Waals surface area (Å²) in [6, 6.07) is 18.1. The fourth-order valence-corrected chi connectivity index (χ4v) is 3.66. The van der Waals surface area contributed by atoms with Crippen LogP contribution in [0.3, 0.4) is 0 Å². The van der Waals surface area contributed by atoms with Gasteiger partial charge in [0.1, 0.15) is 6.10 Å². The van der Waals surface area contributed by atoms with Gasteiger partial charge in [-0.05, 0) is 36.8 Å². The molecule has 0 bridgehead atoms. The fourth-order valence-electron chi connectivity index (χ4n) is 3.66. The molecule has 0 radical (unpaired) electrons. The molecule has 1 saturated heterocycles. The summed E-state index contributed by atoms with van der Waals surface area (Å²) >= 11 is 0. The Hall–Kier alpha value is -2.59. The van der Waals surface area contributed by atoms with Crippen molar-refractivity contribution in [3.05, 3.63) is 77.9 Å². The molecule has 2 atom stereocenters. The minimum atomic E-state index is -0.0705. The molecule has 2 unspecified atom stereocenters. The lowest BCUT2D eigenvalue weighted by Crippen LogP contribution is -2.45. The fraction of sp³-hybridized carbons (Fsp3) is 0.318. The standard InChI is InChI=1S/C22H24N2O2/c1-17-15-24(16-21(26-17)18-7-3-2-4-8-18)22(25)19-9-11-20(12-10-19)23-13-5-6-14-23/h2-12,17,21H,13-16H2,1H3. The van der Waals surface area contributed by atoms with Crippen molar-refractivity contribution in [3.63, 3.8) is 0 Å². The Kier molecular flexibility index (Phi) is 4.76. The summed E-state index contributed by atoms with van der Waals surface area (Å²) in [6.07, 6.45) is 4.28. The van der Waals surface area contributed by atoms with Crippen molar-refractivity contribution in [2.24, 2.45) is 0 Å². The van der Waals surface area contributed by atoms with Crippen molar-refractivity contribution in [2.75, 3.05) is 31.1 Å². The second-order valence-corrected chi connectivity index (χ2v) is 6.98. The van der Waals surface area contributed by atoms with Gasteiger partial charge < -0.3 is 14.5 Å². The van der Waals surface area contributed by atoms with Crippen LogP contribution in [0.4, 0.5) is 5.69 Å². The molecular formula is C22H24N2O2. The van der Waals surface area contributed by atoms with E-state index in [4.69, 9.17) is 4.74 Å². The maximum absolute atomic E-state index is 13.0. The lowest BCUT2D eigenvalue weighted by Gasteiger charge is -2.37. The van der Waals surface area contributed by atoms with Gasteiger partial charge in [0.15, 0.2) is 0 Å². The molecule has 1 fully saturated rings. The number of nitrogens with zero attached hydrogens (tertiary/aromatic N) is 2. The van der Waals surface area contributed by atoms with Crippen LogP contribution in [-0.4, -0.2) is 43.1 Å². The maximum atomic E-state index is 13.0. The van der Waals surface area contributed by atoms with Crippen molar-refractivity contribution in [1.82, 2.24) is 4.90 Å². The molecule has 2 aromatic carbocycles. The summed E-state index contributed by atoms with van der Waals surface area (Å²) in [5.41, 5.74) is 3.01. The highest BCUT2D eigenvalue weighted by Crippen LogP contribution is 2.26. The summed E-state index contributed by atoms with van der Waals surface area (Å²) in [4.78, 5) is 17.2. The number of hydrogen-bond donors (Lipinski definition) is 0. The first-order chi connectivity index (χ1) is 12.7. The molecule has 2 aliphatic heterocycles. The Bertz CT molecular complexity index is 778. The van der Waals surface area contributed by atoms with Crippen LogP contribution >= 0.6 is 0 Å². The predicted octanol–water partition coefficient (Wildman–Crippen LogP) is 3.67. The molecule has 0 spiro atoms. The van der Waals surface area contributed by atoms with Crippen LogP contribution in [0.15, 0.2) is 66.7 Å². The van der Waals surface area contributed by atoms with Gasteiger partial charge in [-0.1, -0.05) is 42.5 Å². The van der Waals surface area contributed by atoms with E-state index in [9.17, 15) is 4.79 Å². The van der Waals surface area contributed by atoms with E-state index in [-0.39, 0.29) is 18.1 Å². The Labute approximate surface area is 154 Å². The second-order valence-electron chi connectivity index (χ2n) is 6.98. The van der Waals surface area contributed by atoms with Gasteiger partial charge in [0, 0.05) is 30.9 Å². The third kappa shape index (κ3) is 3.51. The predicted molar refractivity (Wildman–Crippen MR) is 103 cm³/mol. The lowest BCUT2D eigenvalue weighted by atomic mass is 10.1. The van der Waals surface area contributed by atoms with E-state index < -0.39 is 0 Å². The van der Waals surface area contributed by atoms with Crippen LogP contribution in [0.5, 0.6) is 0 Å². The second kappa shape index (κ2) is 7.34. The highest BCUT2D eigenvalue weighted by Gasteiger charge is 2.29. The smallest absolute Gasteiger partial charge is 0.254 e. The topological polar surface area (TPSA) is 32.8 Å². The van der Waals surface area contributed by atoms with Gasteiger partial charge in [-0.3, -0.25) is 4.79 Å². The first-order valence-electron chi connectivity index (χ1n) is 9.20. The zero-order valence-corrected chi connectivity index (χ0v) is 15.0. The Morgan fingerprint density at radius 2 is 1.65 bits per heavy atom. The van der Waals surface area contributed by atoms with E-state index in [1.807, 2.05) is 54.3 Å². The average molecular weight is 348 g/mol. The molecule has 4 nitrogen and oxygen atoms in total. The van der Waals surface area contributed by atoms with E-state index in [1.54, 1.807) is 0 Å². The zero-order chi connectivity index (χ0) is 17.9. The van der Waals surface area contributed by atoms with Crippen LogP contribution in [0, 0.1) is 0 Å². The summed E-state index contributed by atoms with van der Waals surface area (Å²) in [7, 11) is 0. The van der Waals surface area contributed by atoms with Crippen LogP contribution < -0.4 is 4.90 Å². The molecule has 0 aromatic heterocycles. The SMILES string of the molecule is CC1CN(C(=O)c2ccc(N3CC=CC3)cc2)CC(c2ccccc2)O1. The van der Waals surface area contributed by atoms with Gasteiger partial charge in [-0.15, -0.1) is 0 Å². The third-order valence-electron chi connectivity index (χ3n) is 5.02. The Morgan fingerprint density at radius 1 is 0.962 bits per heavy atom. The van der Waals surface area contributed by atoms with Crippen LogP contribution in [-0.2, 0) is 4.74 Å². The number of hydrogen-bond acceptors (Lipinski definition) is 3. The minimum Gasteiger partial charge on any atom is -0.367 e. The summed E-state index contributed by atoms with van der Waals surface area (Å²) in [5, 5.41) is 0. The molecule has 2 aliphatic rings. The van der Waals surface area contributed by atoms with Gasteiger partial charge in [-0.2, -0.15) is 0 Å². The third-order valence-corrected chi connectivity index (χ3v) is 5.02. The number of benzene rings is 2. The highest BCUT2D eigenvalue weighted by atomic mass is 16.5. The van der Waals surface area contributed by atoms with E-state index in [0.29, 0.717) is 13.1 Å². The lowest BCUT2D eigenvalue weighted by molar-refractivity contribution is -0.0691. The van der Waals surface area contributed by atoms with Gasteiger partial charge in [0.25, 0.3) is 5.91 Å². The van der Waals surface area contributed by atoms with E-state index >= 15 is 0 Å².